The van der Waals surface area contributed by atoms with Crippen LogP contribution in [-0.4, -0.2) is 10.2 Å². The first-order valence-electron chi connectivity index (χ1n) is 6.89. The van der Waals surface area contributed by atoms with Crippen LogP contribution in [0.15, 0.2) is 24.3 Å². The summed E-state index contributed by atoms with van der Waals surface area (Å²) in [5.74, 6) is 0.632. The van der Waals surface area contributed by atoms with Crippen molar-refractivity contribution in [3.8, 4) is 0 Å². The van der Waals surface area contributed by atoms with Crippen LogP contribution in [-0.2, 0) is 12.8 Å². The van der Waals surface area contributed by atoms with Crippen molar-refractivity contribution in [1.82, 2.24) is 10.2 Å². The van der Waals surface area contributed by atoms with Gasteiger partial charge in [0.15, 0.2) is 0 Å². The molecule has 1 N–H and O–H groups in total. The van der Waals surface area contributed by atoms with E-state index in [2.05, 4.69) is 53.6 Å². The monoisotopic (exact) mass is 273 g/mol. The Morgan fingerprint density at radius 3 is 3.00 bits per heavy atom. The molecule has 1 aliphatic rings. The fourth-order valence-electron chi connectivity index (χ4n) is 2.60. The lowest BCUT2D eigenvalue weighted by atomic mass is 10.1. The van der Waals surface area contributed by atoms with Gasteiger partial charge in [-0.05, 0) is 29.9 Å². The molecular formula is C15H19N3S. The Hall–Kier alpha value is -1.42. The molecule has 3 nitrogen and oxygen atoms in total. The highest BCUT2D eigenvalue weighted by atomic mass is 32.1. The number of aryl methyl sites for hydroxylation is 1. The van der Waals surface area contributed by atoms with E-state index in [4.69, 9.17) is 0 Å². The maximum absolute atomic E-state index is 4.26. The molecule has 0 saturated heterocycles. The molecule has 0 aliphatic heterocycles. The average molecular weight is 273 g/mol. The molecule has 100 valence electrons. The fourth-order valence-corrected chi connectivity index (χ4v) is 3.60. The zero-order chi connectivity index (χ0) is 13.2. The molecule has 1 aromatic heterocycles. The third kappa shape index (κ3) is 2.78. The molecule has 4 heteroatoms. The van der Waals surface area contributed by atoms with Crippen LogP contribution >= 0.6 is 11.3 Å². The van der Waals surface area contributed by atoms with Crippen molar-refractivity contribution >= 4 is 16.5 Å². The van der Waals surface area contributed by atoms with Gasteiger partial charge in [-0.25, -0.2) is 0 Å². The van der Waals surface area contributed by atoms with Gasteiger partial charge in [0.25, 0.3) is 0 Å². The van der Waals surface area contributed by atoms with E-state index in [9.17, 15) is 0 Å². The fraction of sp³-hybridized carbons (Fsp3) is 0.467. The summed E-state index contributed by atoms with van der Waals surface area (Å²) in [4.78, 5) is 0. The number of anilines is 1. The van der Waals surface area contributed by atoms with Crippen LogP contribution in [0.25, 0.3) is 0 Å². The minimum Gasteiger partial charge on any atom is -0.353 e. The van der Waals surface area contributed by atoms with Crippen molar-refractivity contribution in [2.45, 2.75) is 39.2 Å². The summed E-state index contributed by atoms with van der Waals surface area (Å²) >= 11 is 1.69. The summed E-state index contributed by atoms with van der Waals surface area (Å²) in [7, 11) is 0. The highest BCUT2D eigenvalue weighted by Gasteiger charge is 2.22. The molecule has 1 aliphatic carbocycles. The van der Waals surface area contributed by atoms with E-state index in [1.54, 1.807) is 11.3 Å². The van der Waals surface area contributed by atoms with Crippen LogP contribution in [0.1, 0.15) is 42.4 Å². The van der Waals surface area contributed by atoms with Crippen LogP contribution in [0.2, 0.25) is 0 Å². The standard InChI is InChI=1S/C15H19N3S/c1-10(2)9-14-17-18-15(19-14)16-13-8-7-11-5-3-4-6-12(11)13/h3-6,10,13H,7-9H2,1-2H3,(H,16,18). The lowest BCUT2D eigenvalue weighted by molar-refractivity contribution is 0.639. The maximum Gasteiger partial charge on any atom is 0.206 e. The zero-order valence-electron chi connectivity index (χ0n) is 11.4. The Morgan fingerprint density at radius 1 is 1.32 bits per heavy atom. The summed E-state index contributed by atoms with van der Waals surface area (Å²) in [5, 5.41) is 14.1. The third-order valence-electron chi connectivity index (χ3n) is 3.48. The number of aromatic nitrogens is 2. The third-order valence-corrected chi connectivity index (χ3v) is 4.36. The first-order valence-corrected chi connectivity index (χ1v) is 7.70. The van der Waals surface area contributed by atoms with Gasteiger partial charge in [0, 0.05) is 6.42 Å². The van der Waals surface area contributed by atoms with Gasteiger partial charge < -0.3 is 5.32 Å². The summed E-state index contributed by atoms with van der Waals surface area (Å²) in [6.45, 7) is 4.42. The molecule has 1 unspecified atom stereocenters. The molecule has 19 heavy (non-hydrogen) atoms. The van der Waals surface area contributed by atoms with Crippen molar-refractivity contribution in [2.75, 3.05) is 5.32 Å². The SMILES string of the molecule is CC(C)Cc1nnc(NC2CCc3ccccc32)s1. The highest BCUT2D eigenvalue weighted by Crippen LogP contribution is 2.34. The highest BCUT2D eigenvalue weighted by molar-refractivity contribution is 7.15. The number of hydrogen-bond donors (Lipinski definition) is 1. The molecule has 0 bridgehead atoms. The van der Waals surface area contributed by atoms with Crippen LogP contribution in [0.3, 0.4) is 0 Å². The van der Waals surface area contributed by atoms with Gasteiger partial charge in [-0.2, -0.15) is 0 Å². The molecule has 0 radical (unpaired) electrons. The van der Waals surface area contributed by atoms with Gasteiger partial charge in [0.2, 0.25) is 5.13 Å². The van der Waals surface area contributed by atoms with Gasteiger partial charge in [0.05, 0.1) is 6.04 Å². The van der Waals surface area contributed by atoms with Crippen molar-refractivity contribution in [2.24, 2.45) is 5.92 Å². The molecule has 0 fully saturated rings. The van der Waals surface area contributed by atoms with Gasteiger partial charge in [0.1, 0.15) is 5.01 Å². The summed E-state index contributed by atoms with van der Waals surface area (Å²) in [6, 6.07) is 9.07. The molecular weight excluding hydrogens is 254 g/mol. The van der Waals surface area contributed by atoms with Crippen LogP contribution in [0.5, 0.6) is 0 Å². The molecule has 0 spiro atoms. The maximum atomic E-state index is 4.26. The molecule has 0 amide bonds. The van der Waals surface area contributed by atoms with Crippen molar-refractivity contribution in [3.05, 3.63) is 40.4 Å². The summed E-state index contributed by atoms with van der Waals surface area (Å²) < 4.78 is 0. The second kappa shape index (κ2) is 5.29. The van der Waals surface area contributed by atoms with Crippen LogP contribution in [0.4, 0.5) is 5.13 Å². The van der Waals surface area contributed by atoms with Crippen molar-refractivity contribution < 1.29 is 0 Å². The molecule has 1 atom stereocenters. The normalized spacial score (nSPS) is 17.7. The Morgan fingerprint density at radius 2 is 2.16 bits per heavy atom. The second-order valence-electron chi connectivity index (χ2n) is 5.53. The lowest BCUT2D eigenvalue weighted by Crippen LogP contribution is -2.06. The van der Waals surface area contributed by atoms with E-state index in [-0.39, 0.29) is 0 Å². The topological polar surface area (TPSA) is 37.8 Å². The van der Waals surface area contributed by atoms with Gasteiger partial charge in [-0.1, -0.05) is 49.4 Å². The van der Waals surface area contributed by atoms with Crippen molar-refractivity contribution in [1.29, 1.82) is 0 Å². The molecule has 1 heterocycles. The molecule has 3 rings (SSSR count). The first-order chi connectivity index (χ1) is 9.22. The Balaban J connectivity index is 1.71. The van der Waals surface area contributed by atoms with Crippen LogP contribution < -0.4 is 5.32 Å². The predicted octanol–water partition coefficient (Wildman–Crippen LogP) is 3.84. The molecule has 1 aromatic carbocycles. The van der Waals surface area contributed by atoms with Gasteiger partial charge in [-0.15, -0.1) is 10.2 Å². The zero-order valence-corrected chi connectivity index (χ0v) is 12.2. The van der Waals surface area contributed by atoms with Crippen molar-refractivity contribution in [3.63, 3.8) is 0 Å². The second-order valence-corrected chi connectivity index (χ2v) is 6.60. The largest absolute Gasteiger partial charge is 0.353 e. The Labute approximate surface area is 118 Å². The lowest BCUT2D eigenvalue weighted by Gasteiger charge is -2.12. The molecule has 2 aromatic rings. The Bertz CT molecular complexity index is 562. The van der Waals surface area contributed by atoms with E-state index in [1.165, 1.54) is 11.1 Å². The van der Waals surface area contributed by atoms with E-state index < -0.39 is 0 Å². The smallest absolute Gasteiger partial charge is 0.206 e. The number of rotatable bonds is 4. The summed E-state index contributed by atoms with van der Waals surface area (Å²) in [5.41, 5.74) is 2.88. The van der Waals surface area contributed by atoms with Gasteiger partial charge in [-0.3, -0.25) is 0 Å². The van der Waals surface area contributed by atoms with Gasteiger partial charge >= 0.3 is 0 Å². The van der Waals surface area contributed by atoms with Crippen LogP contribution in [0, 0.1) is 5.92 Å². The van der Waals surface area contributed by atoms with E-state index in [0.717, 1.165) is 29.4 Å². The number of hydrogen-bond acceptors (Lipinski definition) is 4. The average Bonchev–Trinajstić information content (AvgIpc) is 2.97. The predicted molar refractivity (Wildman–Crippen MR) is 79.6 cm³/mol. The number of nitrogens with one attached hydrogen (secondary N) is 1. The molecule has 0 saturated carbocycles. The summed E-state index contributed by atoms with van der Waals surface area (Å²) in [6.07, 6.45) is 3.32. The number of fused-ring (bicyclic) bond motifs is 1. The minimum absolute atomic E-state index is 0.399. The minimum atomic E-state index is 0.399. The Kier molecular flexibility index (Phi) is 3.51. The number of nitrogens with zero attached hydrogens (tertiary/aromatic N) is 2. The quantitative estimate of drug-likeness (QED) is 0.919. The first kappa shape index (κ1) is 12.6. The number of benzene rings is 1. The van der Waals surface area contributed by atoms with E-state index in [1.807, 2.05) is 0 Å². The van der Waals surface area contributed by atoms with E-state index in [0.29, 0.717) is 12.0 Å². The van der Waals surface area contributed by atoms with E-state index >= 15 is 0 Å².